The normalized spacial score (nSPS) is 10.7. The number of hydrogen-bond donors (Lipinski definition) is 0. The van der Waals surface area contributed by atoms with Crippen molar-refractivity contribution in [3.63, 3.8) is 0 Å². The largest absolute Gasteiger partial charge is 0.300 e. The van der Waals surface area contributed by atoms with Crippen LogP contribution in [-0.2, 0) is 0 Å². The molecule has 0 saturated heterocycles. The first-order valence-corrected chi connectivity index (χ1v) is 6.26. The molecule has 1 aromatic carbocycles. The quantitative estimate of drug-likeness (QED) is 0.692. The zero-order valence-electron chi connectivity index (χ0n) is 9.38. The molecule has 2 aliphatic rings. The smallest absolute Gasteiger partial charge is 0.189 e. The average molecular weight is 301 g/mol. The van der Waals surface area contributed by atoms with Gasteiger partial charge in [-0.2, -0.15) is 0 Å². The molecule has 1 aromatic rings. The lowest BCUT2D eigenvalue weighted by molar-refractivity contribution is 0.984. The van der Waals surface area contributed by atoms with Crippen LogP contribution in [0.5, 0.6) is 0 Å². The fraction of sp³-hybridized carbons (Fsp3) is 0. The average Bonchev–Trinajstić information content (AvgIpc) is 2.40. The summed E-state index contributed by atoms with van der Waals surface area (Å²) < 4.78 is 2.92. The second kappa shape index (κ2) is 4.38. The topological polar surface area (TPSA) is 34.9 Å². The minimum Gasteiger partial charge on any atom is -0.300 e. The second-order valence-corrected chi connectivity index (χ2v) is 4.84. The van der Waals surface area contributed by atoms with Crippen molar-refractivity contribution in [1.29, 1.82) is 0 Å². The summed E-state index contributed by atoms with van der Waals surface area (Å²) in [5, 5.41) is 0. The highest BCUT2D eigenvalue weighted by atomic mass is 79.9. The van der Waals surface area contributed by atoms with E-state index in [1.807, 2.05) is 34.9 Å². The molecular weight excluding hydrogens is 292 g/mol. The minimum atomic E-state index is -0.00791. The molecule has 0 atom stereocenters. The van der Waals surface area contributed by atoms with E-state index in [9.17, 15) is 4.79 Å². The molecule has 0 N–H and O–H groups in total. The third-order valence-electron chi connectivity index (χ3n) is 2.79. The predicted octanol–water partition coefficient (Wildman–Crippen LogP) is 3.10. The maximum absolute atomic E-state index is 11.8. The summed E-state index contributed by atoms with van der Waals surface area (Å²) in [5.74, 6) is 0. The van der Waals surface area contributed by atoms with E-state index in [1.54, 1.807) is 24.7 Å². The van der Waals surface area contributed by atoms with Gasteiger partial charge in [0.1, 0.15) is 0 Å². The van der Waals surface area contributed by atoms with Gasteiger partial charge in [-0.05, 0) is 36.4 Å². The number of fused-ring (bicyclic) bond motifs is 1. The number of nitrogens with zero attached hydrogens (tertiary/aromatic N) is 2. The van der Waals surface area contributed by atoms with Gasteiger partial charge < -0.3 is 4.57 Å². The summed E-state index contributed by atoms with van der Waals surface area (Å²) in [6.45, 7) is 0. The van der Waals surface area contributed by atoms with Gasteiger partial charge in [0.05, 0.1) is 17.6 Å². The summed E-state index contributed by atoms with van der Waals surface area (Å²) >= 11 is 3.40. The van der Waals surface area contributed by atoms with Gasteiger partial charge in [-0.3, -0.25) is 4.79 Å². The van der Waals surface area contributed by atoms with E-state index in [0.29, 0.717) is 5.56 Å². The molecule has 0 saturated carbocycles. The predicted molar refractivity (Wildman–Crippen MR) is 74.2 cm³/mol. The van der Waals surface area contributed by atoms with Gasteiger partial charge in [-0.25, -0.2) is 4.98 Å². The molecule has 0 aromatic heterocycles. The Bertz CT molecular complexity index is 719. The molecule has 0 fully saturated rings. The van der Waals surface area contributed by atoms with E-state index < -0.39 is 0 Å². The van der Waals surface area contributed by atoms with Crippen LogP contribution in [0.3, 0.4) is 0 Å². The zero-order valence-corrected chi connectivity index (χ0v) is 11.0. The lowest BCUT2D eigenvalue weighted by Crippen LogP contribution is -2.10. The van der Waals surface area contributed by atoms with Gasteiger partial charge in [0.15, 0.2) is 5.43 Å². The van der Waals surface area contributed by atoms with Crippen LogP contribution in [0.1, 0.15) is 0 Å². The molecule has 3 rings (SSSR count). The SMILES string of the molecule is O=c1cccc2n(-c3ccc(Br)cc3)cncc1-2. The maximum atomic E-state index is 11.8. The van der Waals surface area contributed by atoms with Crippen LogP contribution < -0.4 is 5.43 Å². The Morgan fingerprint density at radius 3 is 2.61 bits per heavy atom. The Hall–Kier alpha value is -1.94. The van der Waals surface area contributed by atoms with Crippen molar-refractivity contribution >= 4 is 15.9 Å². The van der Waals surface area contributed by atoms with E-state index in [-0.39, 0.29) is 5.43 Å². The monoisotopic (exact) mass is 300 g/mol. The molecule has 0 bridgehead atoms. The molecule has 0 radical (unpaired) electrons. The number of rotatable bonds is 1. The molecule has 3 nitrogen and oxygen atoms in total. The Kier molecular flexibility index (Phi) is 2.72. The molecule has 0 unspecified atom stereocenters. The lowest BCUT2D eigenvalue weighted by Gasteiger charge is -2.13. The Balaban J connectivity index is 2.26. The van der Waals surface area contributed by atoms with E-state index in [1.165, 1.54) is 0 Å². The van der Waals surface area contributed by atoms with Crippen LogP contribution in [-0.4, -0.2) is 9.55 Å². The van der Waals surface area contributed by atoms with Gasteiger partial charge in [-0.1, -0.05) is 22.0 Å². The molecule has 1 heterocycles. The molecule has 0 amide bonds. The van der Waals surface area contributed by atoms with Gasteiger partial charge in [0.25, 0.3) is 0 Å². The first kappa shape index (κ1) is 11.2. The molecule has 18 heavy (non-hydrogen) atoms. The van der Waals surface area contributed by atoms with Crippen molar-refractivity contribution in [1.82, 2.24) is 9.55 Å². The lowest BCUT2D eigenvalue weighted by atomic mass is 10.1. The molecule has 1 aliphatic carbocycles. The van der Waals surface area contributed by atoms with Crippen LogP contribution in [0.15, 0.2) is 64.3 Å². The highest BCUT2D eigenvalue weighted by Crippen LogP contribution is 2.21. The highest BCUT2D eigenvalue weighted by molar-refractivity contribution is 9.10. The van der Waals surface area contributed by atoms with Crippen LogP contribution in [0.4, 0.5) is 0 Å². The van der Waals surface area contributed by atoms with Crippen LogP contribution in [0.2, 0.25) is 0 Å². The van der Waals surface area contributed by atoms with Gasteiger partial charge >= 0.3 is 0 Å². The summed E-state index contributed by atoms with van der Waals surface area (Å²) in [4.78, 5) is 15.9. The second-order valence-electron chi connectivity index (χ2n) is 3.93. The molecule has 88 valence electrons. The zero-order chi connectivity index (χ0) is 12.5. The summed E-state index contributed by atoms with van der Waals surface area (Å²) in [7, 11) is 0. The van der Waals surface area contributed by atoms with Crippen molar-refractivity contribution in [2.24, 2.45) is 0 Å². The maximum Gasteiger partial charge on any atom is 0.189 e. The van der Waals surface area contributed by atoms with E-state index in [4.69, 9.17) is 0 Å². The summed E-state index contributed by atoms with van der Waals surface area (Å²) in [6.07, 6.45) is 3.32. The Labute approximate surface area is 112 Å². The first-order valence-electron chi connectivity index (χ1n) is 5.47. The van der Waals surface area contributed by atoms with Crippen molar-refractivity contribution < 1.29 is 0 Å². The van der Waals surface area contributed by atoms with Crippen LogP contribution in [0.25, 0.3) is 16.9 Å². The molecule has 4 heteroatoms. The third-order valence-corrected chi connectivity index (χ3v) is 3.32. The van der Waals surface area contributed by atoms with Crippen molar-refractivity contribution in [3.8, 4) is 16.9 Å². The highest BCUT2D eigenvalue weighted by Gasteiger charge is 2.09. The Morgan fingerprint density at radius 2 is 1.83 bits per heavy atom. The molecule has 0 spiro atoms. The summed E-state index contributed by atoms with van der Waals surface area (Å²) in [6, 6.07) is 13.1. The number of halogens is 1. The fourth-order valence-corrected chi connectivity index (χ4v) is 2.18. The number of aromatic nitrogens is 2. The third kappa shape index (κ3) is 1.84. The molecule has 1 aliphatic heterocycles. The van der Waals surface area contributed by atoms with Gasteiger partial charge in [0, 0.05) is 16.4 Å². The Morgan fingerprint density at radius 1 is 1.06 bits per heavy atom. The van der Waals surface area contributed by atoms with Crippen LogP contribution >= 0.6 is 15.9 Å². The molecular formula is C14H9BrN2O. The van der Waals surface area contributed by atoms with E-state index in [0.717, 1.165) is 15.9 Å². The van der Waals surface area contributed by atoms with E-state index in [2.05, 4.69) is 20.9 Å². The fourth-order valence-electron chi connectivity index (χ4n) is 1.92. The van der Waals surface area contributed by atoms with Crippen molar-refractivity contribution in [3.05, 3.63) is 69.7 Å². The van der Waals surface area contributed by atoms with Crippen molar-refractivity contribution in [2.45, 2.75) is 0 Å². The van der Waals surface area contributed by atoms with E-state index >= 15 is 0 Å². The minimum absolute atomic E-state index is 0.00791. The van der Waals surface area contributed by atoms with Gasteiger partial charge in [-0.15, -0.1) is 0 Å². The number of benzene rings is 2. The van der Waals surface area contributed by atoms with Gasteiger partial charge in [0.2, 0.25) is 0 Å². The summed E-state index contributed by atoms with van der Waals surface area (Å²) in [5.41, 5.74) is 2.45. The standard InChI is InChI=1S/C14H9BrN2O/c15-10-4-6-11(7-5-10)17-9-16-8-12-13(17)2-1-3-14(12)18/h1-9H. The number of hydrogen-bond acceptors (Lipinski definition) is 2. The first-order chi connectivity index (χ1) is 8.75. The van der Waals surface area contributed by atoms with Crippen LogP contribution in [0, 0.1) is 0 Å². The van der Waals surface area contributed by atoms with Crippen molar-refractivity contribution in [2.75, 3.05) is 0 Å².